The zero-order chi connectivity index (χ0) is 42.3. The number of rotatable bonds is 28. The molecule has 0 saturated carbocycles. The first kappa shape index (κ1) is 77.0. The summed E-state index contributed by atoms with van der Waals surface area (Å²) in [5.41, 5.74) is 0. The quantitative estimate of drug-likeness (QED) is 0.0685. The normalized spacial score (nSPS) is 15.4. The second-order valence-corrected chi connectivity index (χ2v) is 138. The van der Waals surface area contributed by atoms with E-state index < -0.39 is 0 Å². The molecule has 59 heavy (non-hydrogen) atoms. The molecule has 0 aromatic heterocycles. The zero-order valence-corrected chi connectivity index (χ0v) is 79.3. The summed E-state index contributed by atoms with van der Waals surface area (Å²) < 4.78 is 0. The van der Waals surface area contributed by atoms with E-state index in [9.17, 15) is 0 Å². The molecule has 0 aliphatic carbocycles. The molecular formula is HP59. The molecule has 0 nitrogen and oxygen atoms in total. The predicted octanol–water partition coefficient (Wildman–Crippen LogP) is 50.5. The number of hydrogen-bond acceptors (Lipinski definition) is 0. The van der Waals surface area contributed by atoms with Gasteiger partial charge in [0, 0.05) is 272 Å². The fourth-order valence-electron chi connectivity index (χ4n) is 0.986. The standard InChI is InChI=1S/HP59/c1-3-5-7-9-11-13-15-17-19-21-23-25-27-29-31-33-35-37-39-41-43-45-47-49-51-53-55-57-59-58-56-54-52-50-48-46-44-42-40-38-36-34-32-30-28-26-24-22-20-18-16-14-12-10-8-6-4-2/h1H. The Morgan fingerprint density at radius 3 is 0.305 bits per heavy atom. The molecule has 59 heteroatoms. The molecule has 0 spiro atoms. The number of hydrogen-bond donors (Lipinski definition) is 0. The minimum Gasteiger partial charge on any atom is -0.0835 e. The van der Waals surface area contributed by atoms with Gasteiger partial charge in [-0.3, -0.25) is 0 Å². The van der Waals surface area contributed by atoms with Crippen LogP contribution in [0.4, 0.5) is 0 Å². The SMILES string of the molecule is P#P=P\P=P/P=P\P=P/P=P\P=P/P=P\P=P/P=P\P=P/P=P\P=P/P=P\P=P/P=P\P=P/P=P\P=P/P=P\P=P/P=P\P=P/P=P\P=P/P=P\P=P/P=P\P=P/P=P. The molecule has 0 rings (SSSR count). The van der Waals surface area contributed by atoms with Gasteiger partial charge in [-0.2, -0.15) is 0 Å². The molecule has 0 amide bonds. The van der Waals surface area contributed by atoms with Crippen molar-refractivity contribution < 1.29 is 0 Å². The topological polar surface area (TPSA) is 0 Å². The Balaban J connectivity index is 4.08. The van der Waals surface area contributed by atoms with Crippen molar-refractivity contribution >= 4 is 447 Å². The predicted molar refractivity (Wildman–Crippen MR) is 410 cm³/mol. The minimum absolute atomic E-state index is 1.21. The first-order valence-corrected chi connectivity index (χ1v) is 105. The van der Waals surface area contributed by atoms with Crippen LogP contribution in [0.2, 0.25) is 0 Å². The average molecular weight is 1830 g/mol. The van der Waals surface area contributed by atoms with Crippen LogP contribution in [0.1, 0.15) is 0 Å². The van der Waals surface area contributed by atoms with Gasteiger partial charge in [-0.05, 0) is 60.4 Å². The summed E-state index contributed by atoms with van der Waals surface area (Å²) in [6, 6.07) is 0. The van der Waals surface area contributed by atoms with Gasteiger partial charge < -0.3 is 0 Å². The fourth-order valence-corrected chi connectivity index (χ4v) is 240. The maximum atomic E-state index is 4.23. The van der Waals surface area contributed by atoms with Gasteiger partial charge in [-0.1, -0.05) is 8.53 Å². The van der Waals surface area contributed by atoms with Crippen molar-refractivity contribution in [3.8, 4) is 0 Å². The van der Waals surface area contributed by atoms with E-state index in [1.165, 1.54) is 44.8 Å². The van der Waals surface area contributed by atoms with Crippen LogP contribution < -0.4 is 0 Å². The summed E-state index contributed by atoms with van der Waals surface area (Å²) in [4.78, 5) is 0. The molecule has 0 fully saturated rings. The smallest absolute Gasteiger partial charge is 0.0835 e. The van der Waals surface area contributed by atoms with Gasteiger partial charge in [0.1, 0.15) is 0 Å². The van der Waals surface area contributed by atoms with E-state index in [4.69, 9.17) is 0 Å². The van der Waals surface area contributed by atoms with E-state index in [1.807, 2.05) is 0 Å². The fraction of sp³-hybridized carbons (Fsp3) is 0. The molecule has 0 bridgehead atoms. The van der Waals surface area contributed by atoms with E-state index in [-0.39, 0.29) is 0 Å². The van der Waals surface area contributed by atoms with Crippen molar-refractivity contribution in [3.05, 3.63) is 0 Å². The molecule has 0 saturated heterocycles. The molecule has 0 atom stereocenters. The first-order chi connectivity index (χ1) is 29.4. The Morgan fingerprint density at radius 1 is 0.136 bits per heavy atom. The van der Waals surface area contributed by atoms with Crippen molar-refractivity contribution in [1.29, 1.82) is 0 Å². The monoisotopic (exact) mass is 1830 g/mol. The van der Waals surface area contributed by atoms with E-state index in [2.05, 4.69) is 16.9 Å². The van der Waals surface area contributed by atoms with Crippen molar-refractivity contribution in [2.24, 2.45) is 0 Å². The summed E-state index contributed by atoms with van der Waals surface area (Å²) in [6.45, 7) is 1.21. The van der Waals surface area contributed by atoms with E-state index >= 15 is 0 Å². The second kappa shape index (κ2) is 76.0. The summed E-state index contributed by atoms with van der Waals surface area (Å²) >= 11 is 0. The van der Waals surface area contributed by atoms with Crippen LogP contribution in [-0.4, -0.2) is 0 Å². The van der Waals surface area contributed by atoms with Gasteiger partial charge >= 0.3 is 106 Å². The zero-order valence-electron chi connectivity index (χ0n) is 26.4. The van der Waals surface area contributed by atoms with Crippen LogP contribution in [0.25, 0.3) is 0 Å². The summed E-state index contributed by atoms with van der Waals surface area (Å²) in [5, 5.41) is 0. The Bertz CT molecular complexity index is 2040. The molecule has 296 valence electrons. The van der Waals surface area contributed by atoms with Crippen LogP contribution in [-0.2, 0) is 0 Å². The van der Waals surface area contributed by atoms with Crippen LogP contribution >= 0.6 is 447 Å². The van der Waals surface area contributed by atoms with Crippen LogP contribution in [0, 0.1) is 0 Å². The third kappa shape index (κ3) is 76.0. The Kier molecular flexibility index (Phi) is 99.1. The average Bonchev–Trinajstić information content (AvgIpc) is 3.25. The first-order valence-electron chi connectivity index (χ1n) is 11.6. The summed E-state index contributed by atoms with van der Waals surface area (Å²) in [6.07, 6.45) is 0. The Hall–Kier alpha value is 18.0. The van der Waals surface area contributed by atoms with Crippen LogP contribution in [0.5, 0.6) is 0 Å². The minimum atomic E-state index is 1.21. The van der Waals surface area contributed by atoms with Crippen molar-refractivity contribution in [1.82, 2.24) is 0 Å². The van der Waals surface area contributed by atoms with Gasteiger partial charge in [0.15, 0.2) is 0 Å². The molecular weight excluding hydrogens is 1830 g/mol. The molecule has 0 aliphatic rings. The van der Waals surface area contributed by atoms with Gasteiger partial charge in [-0.15, -0.1) is 0 Å². The van der Waals surface area contributed by atoms with Crippen molar-refractivity contribution in [2.45, 2.75) is 0 Å². The molecule has 0 unspecified atom stereocenters. The van der Waals surface area contributed by atoms with Gasteiger partial charge in [-0.25, -0.2) is 0 Å². The van der Waals surface area contributed by atoms with Gasteiger partial charge in [0.05, 0.1) is 0 Å². The summed E-state index contributed by atoms with van der Waals surface area (Å²) in [7, 11) is 96.6. The van der Waals surface area contributed by atoms with E-state index in [0.717, 1.165) is 0 Å². The maximum absolute atomic E-state index is 4.23. The molecule has 0 aromatic rings. The van der Waals surface area contributed by atoms with Gasteiger partial charge in [0.2, 0.25) is 0 Å². The van der Waals surface area contributed by atoms with E-state index in [0.29, 0.717) is 0 Å². The van der Waals surface area contributed by atoms with E-state index in [1.54, 1.807) is 385 Å². The second-order valence-electron chi connectivity index (χ2n) is 5.11. The third-order valence-corrected chi connectivity index (χ3v) is 182. The van der Waals surface area contributed by atoms with Crippen LogP contribution in [0.3, 0.4) is 0 Å². The van der Waals surface area contributed by atoms with Crippen molar-refractivity contribution in [3.63, 3.8) is 0 Å². The molecule has 0 aliphatic heterocycles. The summed E-state index contributed by atoms with van der Waals surface area (Å²) in [5.74, 6) is 0. The Labute approximate surface area is 440 Å². The molecule has 0 radical (unpaired) electrons. The molecule has 0 heterocycles. The molecule has 0 aromatic carbocycles. The van der Waals surface area contributed by atoms with Gasteiger partial charge in [0.25, 0.3) is 0 Å². The van der Waals surface area contributed by atoms with Crippen molar-refractivity contribution in [2.75, 3.05) is 0 Å². The Morgan fingerprint density at radius 2 is 0.220 bits per heavy atom. The molecule has 0 N–H and O–H groups in total. The van der Waals surface area contributed by atoms with Crippen LogP contribution in [0.15, 0.2) is 0 Å². The third-order valence-electron chi connectivity index (χ3n) is 2.24.